The fourth-order valence-electron chi connectivity index (χ4n) is 9.86. The van der Waals surface area contributed by atoms with Gasteiger partial charge in [-0.15, -0.1) is 0 Å². The van der Waals surface area contributed by atoms with Gasteiger partial charge in [0, 0.05) is 0 Å². The molecule has 0 nitrogen and oxygen atoms in total. The van der Waals surface area contributed by atoms with Crippen molar-refractivity contribution < 1.29 is 15.3 Å². The Balaban J connectivity index is 1.41. The summed E-state index contributed by atoms with van der Waals surface area (Å²) in [7, 11) is 18.1. The summed E-state index contributed by atoms with van der Waals surface area (Å²) in [5.74, 6) is -0.732. The Morgan fingerprint density at radius 1 is 0.464 bits per heavy atom. The SMILES string of the molecule is CC(C)Cc1ccccc1-c1cccc2c1C=C(c1ccccc1)[CH]2[Hf]([Cl])([Cl])([CH]1C(c2ccccc2)=Cc2c(-c3ccccc3CC(C)C)cccc21)[SiH](C)C. The van der Waals surface area contributed by atoms with Crippen LogP contribution in [-0.2, 0) is 28.1 Å². The van der Waals surface area contributed by atoms with Crippen LogP contribution in [0.3, 0.4) is 0 Å². The van der Waals surface area contributed by atoms with Gasteiger partial charge in [0.05, 0.1) is 0 Å². The van der Waals surface area contributed by atoms with E-state index >= 15 is 0 Å². The van der Waals surface area contributed by atoms with Gasteiger partial charge in [-0.25, -0.2) is 0 Å². The minimum absolute atomic E-state index is 0.0726. The average Bonchev–Trinajstić information content (AvgIpc) is 3.80. The zero-order valence-electron chi connectivity index (χ0n) is 33.6. The van der Waals surface area contributed by atoms with Gasteiger partial charge >= 0.3 is 347 Å². The van der Waals surface area contributed by atoms with Gasteiger partial charge in [0.25, 0.3) is 0 Å². The number of hydrogen-bond acceptors (Lipinski definition) is 0. The molecule has 0 N–H and O–H groups in total. The summed E-state index contributed by atoms with van der Waals surface area (Å²) in [4.78, 5) is 0. The number of rotatable bonds is 11. The molecular weight excluding hydrogens is 902 g/mol. The zero-order chi connectivity index (χ0) is 39.2. The van der Waals surface area contributed by atoms with Gasteiger partial charge in [0.2, 0.25) is 0 Å². The molecule has 6 aromatic rings. The van der Waals surface area contributed by atoms with E-state index in [1.165, 1.54) is 77.9 Å². The molecule has 2 atom stereocenters. The number of hydrogen-bond donors (Lipinski definition) is 0. The number of halogens is 2. The van der Waals surface area contributed by atoms with E-state index in [1.54, 1.807) is 0 Å². The molecule has 0 heterocycles. The average molecular weight is 955 g/mol. The molecular formula is C52H53Cl2HfSi. The van der Waals surface area contributed by atoms with Crippen molar-refractivity contribution in [2.45, 2.75) is 61.0 Å². The summed E-state index contributed by atoms with van der Waals surface area (Å²) in [5.41, 5.74) is 18.1. The Morgan fingerprint density at radius 2 is 0.821 bits per heavy atom. The molecule has 0 saturated heterocycles. The second-order valence-electron chi connectivity index (χ2n) is 17.3. The third-order valence-corrected chi connectivity index (χ3v) is 84.8. The van der Waals surface area contributed by atoms with Crippen LogP contribution in [0, 0.1) is 11.8 Å². The molecule has 0 bridgehead atoms. The third-order valence-electron chi connectivity index (χ3n) is 12.4. The van der Waals surface area contributed by atoms with Gasteiger partial charge < -0.3 is 0 Å². The molecule has 0 aliphatic heterocycles. The monoisotopic (exact) mass is 955 g/mol. The molecule has 6 aromatic carbocycles. The van der Waals surface area contributed by atoms with Gasteiger partial charge in [-0.1, -0.05) is 0 Å². The Kier molecular flexibility index (Phi) is 11.0. The van der Waals surface area contributed by atoms with Gasteiger partial charge in [-0.2, -0.15) is 0 Å². The standard InChI is InChI=1S/2C25H23.C2H7Si.2ClH.Hf/c2*1-18(2)15-20-11-6-7-13-23(20)24-14-8-12-21-16-22(17-25(21)24)19-9-4-3-5-10-19;1-3-2;;;/h2*3-14,16-18H,15H2,1-2H3;3H,1-2H3;2*1H;/q;;;;;+2/p-2. The van der Waals surface area contributed by atoms with Gasteiger partial charge in [0.15, 0.2) is 0 Å². The summed E-state index contributed by atoms with van der Waals surface area (Å²) in [5, 5.41) is 0. The van der Waals surface area contributed by atoms with E-state index in [4.69, 9.17) is 17.2 Å². The Labute approximate surface area is 344 Å². The Hall–Kier alpha value is -3.53. The van der Waals surface area contributed by atoms with Crippen LogP contribution in [0.4, 0.5) is 0 Å². The first kappa shape index (κ1) is 39.3. The van der Waals surface area contributed by atoms with E-state index in [0.29, 0.717) is 11.8 Å². The fourth-order valence-corrected chi connectivity index (χ4v) is 52.5. The molecule has 0 aromatic heterocycles. The van der Waals surface area contributed by atoms with Gasteiger partial charge in [-0.05, 0) is 0 Å². The van der Waals surface area contributed by atoms with Crippen LogP contribution in [0.25, 0.3) is 45.6 Å². The first-order valence-corrected chi connectivity index (χ1v) is 42.7. The second-order valence-corrected chi connectivity index (χ2v) is 76.6. The van der Waals surface area contributed by atoms with Crippen LogP contribution < -0.4 is 0 Å². The van der Waals surface area contributed by atoms with E-state index in [0.717, 1.165) is 12.8 Å². The first-order valence-electron chi connectivity index (χ1n) is 20.5. The summed E-state index contributed by atoms with van der Waals surface area (Å²) in [6.07, 6.45) is 7.02. The van der Waals surface area contributed by atoms with Crippen molar-refractivity contribution in [3.8, 4) is 22.3 Å². The molecule has 283 valence electrons. The van der Waals surface area contributed by atoms with Crippen LogP contribution in [0.2, 0.25) is 13.1 Å². The Bertz CT molecular complexity index is 2290. The molecule has 2 aliphatic carbocycles. The predicted molar refractivity (Wildman–Crippen MR) is 246 cm³/mol. The molecule has 0 amide bonds. The molecule has 0 fully saturated rings. The molecule has 0 radical (unpaired) electrons. The maximum atomic E-state index is 9.05. The van der Waals surface area contributed by atoms with Crippen LogP contribution in [0.1, 0.15) is 79.6 Å². The fraction of sp³-hybridized carbons (Fsp3) is 0.231. The molecule has 2 aliphatic rings. The van der Waals surface area contributed by atoms with Crippen LogP contribution >= 0.6 is 17.2 Å². The van der Waals surface area contributed by atoms with Crippen molar-refractivity contribution >= 4 is 46.4 Å². The minimum atomic E-state index is -5.39. The Morgan fingerprint density at radius 3 is 1.20 bits per heavy atom. The number of fused-ring (bicyclic) bond motifs is 2. The van der Waals surface area contributed by atoms with Crippen molar-refractivity contribution in [2.75, 3.05) is 0 Å². The molecule has 0 saturated carbocycles. The van der Waals surface area contributed by atoms with Crippen molar-refractivity contribution in [1.29, 1.82) is 0 Å². The van der Waals surface area contributed by atoms with Crippen LogP contribution in [0.15, 0.2) is 146 Å². The first-order chi connectivity index (χ1) is 27.0. The normalized spacial score (nSPS) is 17.1. The molecule has 4 heteroatoms. The van der Waals surface area contributed by atoms with Crippen molar-refractivity contribution in [2.24, 2.45) is 11.8 Å². The van der Waals surface area contributed by atoms with E-state index in [9.17, 15) is 0 Å². The van der Waals surface area contributed by atoms with E-state index in [2.05, 4.69) is 199 Å². The van der Waals surface area contributed by atoms with Crippen LogP contribution in [0.5, 0.6) is 0 Å². The summed E-state index contributed by atoms with van der Waals surface area (Å²) in [6, 6.07) is 53.8. The zero-order valence-corrected chi connectivity index (χ0v) is 39.8. The van der Waals surface area contributed by atoms with Gasteiger partial charge in [-0.3, -0.25) is 0 Å². The van der Waals surface area contributed by atoms with Gasteiger partial charge in [0.1, 0.15) is 0 Å². The van der Waals surface area contributed by atoms with Crippen molar-refractivity contribution in [3.63, 3.8) is 0 Å². The van der Waals surface area contributed by atoms with Crippen LogP contribution in [-0.4, -0.2) is 5.98 Å². The molecule has 8 rings (SSSR count). The van der Waals surface area contributed by atoms with Crippen molar-refractivity contribution in [1.82, 2.24) is 0 Å². The topological polar surface area (TPSA) is 0 Å². The van der Waals surface area contributed by atoms with Crippen molar-refractivity contribution in [3.05, 3.63) is 190 Å². The van der Waals surface area contributed by atoms with E-state index in [1.807, 2.05) is 0 Å². The molecule has 56 heavy (non-hydrogen) atoms. The molecule has 0 spiro atoms. The summed E-state index contributed by atoms with van der Waals surface area (Å²) in [6.45, 7) is 14.1. The third kappa shape index (κ3) is 6.83. The maximum absolute atomic E-state index is 9.05. The summed E-state index contributed by atoms with van der Waals surface area (Å²) < 4.78 is -0.145. The van der Waals surface area contributed by atoms with E-state index in [-0.39, 0.29) is 7.35 Å². The summed E-state index contributed by atoms with van der Waals surface area (Å²) >= 11 is -5.39. The second kappa shape index (κ2) is 15.7. The quantitative estimate of drug-likeness (QED) is 0.114. The molecule has 2 unspecified atom stereocenters. The van der Waals surface area contributed by atoms with E-state index < -0.39 is 21.3 Å². The number of allylic oxidation sites excluding steroid dienone is 2. The predicted octanol–water partition coefficient (Wildman–Crippen LogP) is 15.3. The number of benzene rings is 6.